The molecule has 0 aromatic heterocycles. The summed E-state index contributed by atoms with van der Waals surface area (Å²) < 4.78 is 6.08. The first-order valence-corrected chi connectivity index (χ1v) is 8.53. The van der Waals surface area contributed by atoms with Gasteiger partial charge in [-0.3, -0.25) is 0 Å². The smallest absolute Gasteiger partial charge is 0.335 e. The van der Waals surface area contributed by atoms with Crippen molar-refractivity contribution in [3.63, 3.8) is 0 Å². The van der Waals surface area contributed by atoms with Crippen LogP contribution in [0, 0.1) is 5.92 Å². The van der Waals surface area contributed by atoms with Crippen LogP contribution in [0.25, 0.3) is 0 Å². The summed E-state index contributed by atoms with van der Waals surface area (Å²) >= 11 is 6.40. The second kappa shape index (κ2) is 6.11. The molecule has 4 rings (SSSR count). The molecule has 0 amide bonds. The van der Waals surface area contributed by atoms with Crippen LogP contribution in [-0.4, -0.2) is 17.7 Å². The van der Waals surface area contributed by atoms with Crippen molar-refractivity contribution in [1.82, 2.24) is 0 Å². The molecule has 1 saturated heterocycles. The van der Waals surface area contributed by atoms with Crippen LogP contribution < -0.4 is 5.32 Å². The molecule has 2 N–H and O–H groups in total. The molecule has 124 valence electrons. The predicted octanol–water partition coefficient (Wildman–Crippen LogP) is 4.67. The Labute approximate surface area is 145 Å². The minimum atomic E-state index is -0.912. The molecule has 0 radical (unpaired) electrons. The van der Waals surface area contributed by atoms with Crippen molar-refractivity contribution in [3.8, 4) is 0 Å². The molecule has 0 bridgehead atoms. The van der Waals surface area contributed by atoms with E-state index in [1.165, 1.54) is 0 Å². The highest BCUT2D eigenvalue weighted by Gasteiger charge is 2.40. The molecular formula is C19H18ClNO3. The summed E-state index contributed by atoms with van der Waals surface area (Å²) in [6, 6.07) is 13.0. The molecular weight excluding hydrogens is 326 g/mol. The number of ether oxygens (including phenoxy) is 1. The Morgan fingerprint density at radius 2 is 2.00 bits per heavy atom. The fraction of sp³-hybridized carbons (Fsp3) is 0.316. The van der Waals surface area contributed by atoms with E-state index in [-0.39, 0.29) is 12.1 Å². The van der Waals surface area contributed by atoms with E-state index in [1.807, 2.05) is 24.3 Å². The third-order valence-corrected chi connectivity index (χ3v) is 5.28. The molecule has 3 atom stereocenters. The van der Waals surface area contributed by atoms with E-state index in [4.69, 9.17) is 21.4 Å². The quantitative estimate of drug-likeness (QED) is 0.831. The number of carboxylic acid groups (broad SMARTS) is 1. The lowest BCUT2D eigenvalue weighted by Crippen LogP contribution is -2.36. The summed E-state index contributed by atoms with van der Waals surface area (Å²) in [5, 5.41) is 13.3. The molecule has 5 heteroatoms. The number of para-hydroxylation sites is 1. The predicted molar refractivity (Wildman–Crippen MR) is 92.6 cm³/mol. The second-order valence-electron chi connectivity index (χ2n) is 6.35. The average Bonchev–Trinajstić information content (AvgIpc) is 2.61. The van der Waals surface area contributed by atoms with E-state index in [1.54, 1.807) is 12.1 Å². The molecule has 2 unspecified atom stereocenters. The van der Waals surface area contributed by atoms with Crippen molar-refractivity contribution < 1.29 is 14.6 Å². The average molecular weight is 344 g/mol. The van der Waals surface area contributed by atoms with Crippen molar-refractivity contribution >= 4 is 23.3 Å². The van der Waals surface area contributed by atoms with Gasteiger partial charge >= 0.3 is 5.97 Å². The van der Waals surface area contributed by atoms with Crippen LogP contribution in [0.1, 0.15) is 46.5 Å². The monoisotopic (exact) mass is 343 g/mol. The van der Waals surface area contributed by atoms with E-state index in [9.17, 15) is 4.79 Å². The van der Waals surface area contributed by atoms with Gasteiger partial charge in [0.1, 0.15) is 0 Å². The maximum absolute atomic E-state index is 11.1. The maximum Gasteiger partial charge on any atom is 0.335 e. The SMILES string of the molecule is O=C(O)c1ccc([C@@H]2Nc3c(Cl)cccc3C3OCCCC32)cc1. The fourth-order valence-electron chi connectivity index (χ4n) is 3.82. The summed E-state index contributed by atoms with van der Waals surface area (Å²) in [6.07, 6.45) is 2.12. The third kappa shape index (κ3) is 2.56. The van der Waals surface area contributed by atoms with Crippen molar-refractivity contribution in [2.75, 3.05) is 11.9 Å². The van der Waals surface area contributed by atoms with Gasteiger partial charge in [0.2, 0.25) is 0 Å². The van der Waals surface area contributed by atoms with Crippen molar-refractivity contribution in [2.45, 2.75) is 25.0 Å². The lowest BCUT2D eigenvalue weighted by atomic mass is 9.77. The summed E-state index contributed by atoms with van der Waals surface area (Å²) in [6.45, 7) is 0.762. The highest BCUT2D eigenvalue weighted by atomic mass is 35.5. The van der Waals surface area contributed by atoms with Gasteiger partial charge < -0.3 is 15.2 Å². The number of benzene rings is 2. The standard InChI is InChI=1S/C19H18ClNO3/c20-15-5-1-3-14-17(15)21-16(13-4-2-10-24-18(13)14)11-6-8-12(9-7-11)19(22)23/h1,3,5-9,13,16,18,21H,2,4,10H2,(H,22,23)/t13?,16-,18?/m0/s1. The highest BCUT2D eigenvalue weighted by Crippen LogP contribution is 2.50. The number of rotatable bonds is 2. The third-order valence-electron chi connectivity index (χ3n) is 4.97. The molecule has 2 aromatic rings. The Bertz CT molecular complexity index is 775. The van der Waals surface area contributed by atoms with E-state index >= 15 is 0 Å². The molecule has 0 saturated carbocycles. The summed E-state index contributed by atoms with van der Waals surface area (Å²) in [7, 11) is 0. The molecule has 24 heavy (non-hydrogen) atoms. The molecule has 0 aliphatic carbocycles. The van der Waals surface area contributed by atoms with Crippen LogP contribution in [0.4, 0.5) is 5.69 Å². The minimum absolute atomic E-state index is 0.0258. The number of fused-ring (bicyclic) bond motifs is 3. The van der Waals surface area contributed by atoms with Gasteiger partial charge in [-0.1, -0.05) is 35.9 Å². The van der Waals surface area contributed by atoms with Crippen LogP contribution in [-0.2, 0) is 4.74 Å². The Morgan fingerprint density at radius 3 is 2.75 bits per heavy atom. The Balaban J connectivity index is 1.75. The first-order chi connectivity index (χ1) is 11.6. The zero-order valence-electron chi connectivity index (χ0n) is 13.0. The van der Waals surface area contributed by atoms with Crippen LogP contribution in [0.2, 0.25) is 5.02 Å². The van der Waals surface area contributed by atoms with Gasteiger partial charge in [0.15, 0.2) is 0 Å². The Kier molecular flexibility index (Phi) is 3.94. The first kappa shape index (κ1) is 15.5. The molecule has 2 aliphatic rings. The Hall–Kier alpha value is -2.04. The van der Waals surface area contributed by atoms with Crippen molar-refractivity contribution in [1.29, 1.82) is 0 Å². The number of carboxylic acids is 1. The summed E-state index contributed by atoms with van der Waals surface area (Å²) in [5.74, 6) is -0.606. The van der Waals surface area contributed by atoms with Gasteiger partial charge in [0.05, 0.1) is 28.4 Å². The summed E-state index contributed by atoms with van der Waals surface area (Å²) in [4.78, 5) is 11.1. The summed E-state index contributed by atoms with van der Waals surface area (Å²) in [5.41, 5.74) is 3.40. The zero-order chi connectivity index (χ0) is 16.7. The van der Waals surface area contributed by atoms with E-state index in [0.29, 0.717) is 16.5 Å². The van der Waals surface area contributed by atoms with Crippen LogP contribution in [0.5, 0.6) is 0 Å². The fourth-order valence-corrected chi connectivity index (χ4v) is 4.06. The number of hydrogen-bond acceptors (Lipinski definition) is 3. The number of nitrogens with one attached hydrogen (secondary N) is 1. The Morgan fingerprint density at radius 1 is 1.21 bits per heavy atom. The molecule has 4 nitrogen and oxygen atoms in total. The number of anilines is 1. The molecule has 2 aliphatic heterocycles. The van der Waals surface area contributed by atoms with E-state index in [2.05, 4.69) is 11.4 Å². The van der Waals surface area contributed by atoms with Gasteiger partial charge in [-0.15, -0.1) is 0 Å². The van der Waals surface area contributed by atoms with E-state index in [0.717, 1.165) is 36.3 Å². The number of carbonyl (C=O) groups is 1. The van der Waals surface area contributed by atoms with Crippen molar-refractivity contribution in [3.05, 3.63) is 64.2 Å². The highest BCUT2D eigenvalue weighted by molar-refractivity contribution is 6.33. The minimum Gasteiger partial charge on any atom is -0.478 e. The normalized spacial score (nSPS) is 25.3. The molecule has 1 fully saturated rings. The van der Waals surface area contributed by atoms with Gasteiger partial charge in [-0.05, 0) is 36.6 Å². The van der Waals surface area contributed by atoms with E-state index < -0.39 is 5.97 Å². The van der Waals surface area contributed by atoms with Crippen LogP contribution >= 0.6 is 11.6 Å². The van der Waals surface area contributed by atoms with Crippen LogP contribution in [0.15, 0.2) is 42.5 Å². The van der Waals surface area contributed by atoms with Crippen molar-refractivity contribution in [2.24, 2.45) is 5.92 Å². The molecule has 2 heterocycles. The number of hydrogen-bond donors (Lipinski definition) is 2. The van der Waals surface area contributed by atoms with Crippen LogP contribution in [0.3, 0.4) is 0 Å². The number of aromatic carboxylic acids is 1. The van der Waals surface area contributed by atoms with Gasteiger partial charge in [0.25, 0.3) is 0 Å². The largest absolute Gasteiger partial charge is 0.478 e. The first-order valence-electron chi connectivity index (χ1n) is 8.15. The topological polar surface area (TPSA) is 58.6 Å². The maximum atomic E-state index is 11.1. The zero-order valence-corrected chi connectivity index (χ0v) is 13.8. The molecule has 0 spiro atoms. The molecule has 2 aromatic carbocycles. The number of halogens is 1. The lowest BCUT2D eigenvalue weighted by Gasteiger charge is -2.43. The lowest BCUT2D eigenvalue weighted by molar-refractivity contribution is -0.0381. The van der Waals surface area contributed by atoms with Gasteiger partial charge in [0, 0.05) is 18.1 Å². The second-order valence-corrected chi connectivity index (χ2v) is 6.76. The van der Waals surface area contributed by atoms with Gasteiger partial charge in [-0.2, -0.15) is 0 Å². The van der Waals surface area contributed by atoms with Gasteiger partial charge in [-0.25, -0.2) is 4.79 Å².